The minimum absolute atomic E-state index is 0.119. The van der Waals surface area contributed by atoms with E-state index in [1.165, 1.54) is 18.5 Å². The molecule has 3 heterocycles. The largest absolute Gasteiger partial charge is 0.375 e. The van der Waals surface area contributed by atoms with E-state index >= 15 is 0 Å². The molecule has 4 rings (SSSR count). The number of aromatic nitrogens is 4. The van der Waals surface area contributed by atoms with E-state index in [4.69, 9.17) is 4.74 Å². The number of hydrogen-bond acceptors (Lipinski definition) is 5. The zero-order chi connectivity index (χ0) is 17.9. The van der Waals surface area contributed by atoms with Crippen LogP contribution in [0.3, 0.4) is 0 Å². The van der Waals surface area contributed by atoms with Crippen LogP contribution in [-0.2, 0) is 24.2 Å². The lowest BCUT2D eigenvalue weighted by Crippen LogP contribution is -2.38. The number of hydrogen-bond donors (Lipinski definition) is 0. The van der Waals surface area contributed by atoms with Gasteiger partial charge in [0.05, 0.1) is 30.6 Å². The molecule has 0 bridgehead atoms. The van der Waals surface area contributed by atoms with Crippen molar-refractivity contribution in [2.75, 3.05) is 19.8 Å². The molecule has 1 aliphatic heterocycles. The van der Waals surface area contributed by atoms with Crippen molar-refractivity contribution in [1.29, 1.82) is 0 Å². The van der Waals surface area contributed by atoms with Gasteiger partial charge in [0.15, 0.2) is 0 Å². The fourth-order valence-corrected chi connectivity index (χ4v) is 3.66. The van der Waals surface area contributed by atoms with Crippen molar-refractivity contribution in [1.82, 2.24) is 24.9 Å². The molecule has 2 aliphatic rings. The van der Waals surface area contributed by atoms with Gasteiger partial charge >= 0.3 is 0 Å². The lowest BCUT2D eigenvalue weighted by atomic mass is 10.0. The molecule has 0 saturated heterocycles. The smallest absolute Gasteiger partial charge is 0.105 e. The molecule has 6 nitrogen and oxygen atoms in total. The van der Waals surface area contributed by atoms with Crippen LogP contribution in [-0.4, -0.2) is 44.6 Å². The van der Waals surface area contributed by atoms with Crippen LogP contribution < -0.4 is 0 Å². The molecule has 0 spiro atoms. The standard InChI is InChI=1S/C20H27N5O/c1-3-11-26-14-19-20-18(25(23-22-20)12-16-7-8-16)9-10-24(19)13-17-6-4-5-15(2)21-17/h3-6,16,19H,1,7-14H2,2H3. The van der Waals surface area contributed by atoms with E-state index in [-0.39, 0.29) is 6.04 Å². The molecular weight excluding hydrogens is 326 g/mol. The SMILES string of the molecule is C=CCOCC1c2nnn(CC3CC3)c2CCN1Cc1cccc(C)n1. The van der Waals surface area contributed by atoms with Gasteiger partial charge in [-0.15, -0.1) is 11.7 Å². The first-order chi connectivity index (χ1) is 12.7. The van der Waals surface area contributed by atoms with Gasteiger partial charge in [-0.2, -0.15) is 0 Å². The third-order valence-corrected chi connectivity index (χ3v) is 5.21. The highest BCUT2D eigenvalue weighted by atomic mass is 16.5. The fraction of sp³-hybridized carbons (Fsp3) is 0.550. The maximum absolute atomic E-state index is 5.82. The quantitative estimate of drug-likeness (QED) is 0.539. The Morgan fingerprint density at radius 2 is 2.23 bits per heavy atom. The Bertz CT molecular complexity index is 767. The van der Waals surface area contributed by atoms with Crippen LogP contribution in [0.2, 0.25) is 0 Å². The number of aryl methyl sites for hydroxylation is 1. The van der Waals surface area contributed by atoms with Gasteiger partial charge in [0.1, 0.15) is 5.69 Å². The molecule has 1 aliphatic carbocycles. The minimum atomic E-state index is 0.119. The van der Waals surface area contributed by atoms with Crippen molar-refractivity contribution in [2.24, 2.45) is 5.92 Å². The van der Waals surface area contributed by atoms with E-state index in [0.717, 1.165) is 49.1 Å². The summed E-state index contributed by atoms with van der Waals surface area (Å²) < 4.78 is 7.95. The molecule has 2 aromatic heterocycles. The zero-order valence-electron chi connectivity index (χ0n) is 15.5. The summed E-state index contributed by atoms with van der Waals surface area (Å²) in [5.74, 6) is 0.797. The summed E-state index contributed by atoms with van der Waals surface area (Å²) in [6.45, 7) is 9.73. The monoisotopic (exact) mass is 353 g/mol. The highest BCUT2D eigenvalue weighted by Gasteiger charge is 2.33. The third-order valence-electron chi connectivity index (χ3n) is 5.21. The molecule has 0 amide bonds. The average Bonchev–Trinajstić information content (AvgIpc) is 3.35. The van der Waals surface area contributed by atoms with Crippen molar-refractivity contribution in [3.8, 4) is 0 Å². The normalized spacial score (nSPS) is 20.1. The molecule has 26 heavy (non-hydrogen) atoms. The average molecular weight is 353 g/mol. The van der Waals surface area contributed by atoms with Crippen molar-refractivity contribution in [2.45, 2.75) is 45.3 Å². The molecule has 6 heteroatoms. The molecule has 2 aromatic rings. The molecule has 1 unspecified atom stereocenters. The van der Waals surface area contributed by atoms with E-state index in [9.17, 15) is 0 Å². The molecule has 1 fully saturated rings. The summed E-state index contributed by atoms with van der Waals surface area (Å²) in [7, 11) is 0. The van der Waals surface area contributed by atoms with E-state index in [1.807, 2.05) is 13.0 Å². The molecular formula is C20H27N5O. The Balaban J connectivity index is 1.55. The lowest BCUT2D eigenvalue weighted by molar-refractivity contribution is 0.0591. The minimum Gasteiger partial charge on any atom is -0.375 e. The molecule has 1 atom stereocenters. The highest BCUT2D eigenvalue weighted by Crippen LogP contribution is 2.34. The van der Waals surface area contributed by atoms with Crippen molar-refractivity contribution >= 4 is 0 Å². The lowest BCUT2D eigenvalue weighted by Gasteiger charge is -2.34. The van der Waals surface area contributed by atoms with Gasteiger partial charge < -0.3 is 4.74 Å². The number of fused-ring (bicyclic) bond motifs is 1. The van der Waals surface area contributed by atoms with Gasteiger partial charge in [0, 0.05) is 31.7 Å². The number of nitrogens with zero attached hydrogens (tertiary/aromatic N) is 5. The van der Waals surface area contributed by atoms with Gasteiger partial charge in [-0.05, 0) is 37.8 Å². The second kappa shape index (κ2) is 7.68. The second-order valence-electron chi connectivity index (χ2n) is 7.38. The van der Waals surface area contributed by atoms with Gasteiger partial charge in [0.25, 0.3) is 0 Å². The summed E-state index contributed by atoms with van der Waals surface area (Å²) >= 11 is 0. The van der Waals surface area contributed by atoms with Crippen LogP contribution in [0.15, 0.2) is 30.9 Å². The predicted octanol–water partition coefficient (Wildman–Crippen LogP) is 2.69. The molecule has 0 radical (unpaired) electrons. The summed E-state index contributed by atoms with van der Waals surface area (Å²) in [6, 6.07) is 6.32. The first-order valence-electron chi connectivity index (χ1n) is 9.52. The van der Waals surface area contributed by atoms with Crippen LogP contribution >= 0.6 is 0 Å². The number of ether oxygens (including phenoxy) is 1. The van der Waals surface area contributed by atoms with Gasteiger partial charge in [0.2, 0.25) is 0 Å². The van der Waals surface area contributed by atoms with E-state index < -0.39 is 0 Å². The van der Waals surface area contributed by atoms with Crippen molar-refractivity contribution in [3.63, 3.8) is 0 Å². The summed E-state index contributed by atoms with van der Waals surface area (Å²) in [4.78, 5) is 7.09. The maximum Gasteiger partial charge on any atom is 0.105 e. The molecule has 1 saturated carbocycles. The summed E-state index contributed by atoms with van der Waals surface area (Å²) in [6.07, 6.45) is 5.43. The Hall–Kier alpha value is -2.05. The zero-order valence-corrected chi connectivity index (χ0v) is 15.5. The van der Waals surface area contributed by atoms with E-state index in [0.29, 0.717) is 13.2 Å². The third kappa shape index (κ3) is 3.86. The summed E-state index contributed by atoms with van der Waals surface area (Å²) in [5, 5.41) is 9.01. The highest BCUT2D eigenvalue weighted by molar-refractivity contribution is 5.20. The Morgan fingerprint density at radius 1 is 1.35 bits per heavy atom. The van der Waals surface area contributed by atoms with Crippen LogP contribution in [0.4, 0.5) is 0 Å². The Kier molecular flexibility index (Phi) is 5.13. The fourth-order valence-electron chi connectivity index (χ4n) is 3.66. The van der Waals surface area contributed by atoms with Crippen molar-refractivity contribution in [3.05, 3.63) is 53.6 Å². The number of rotatable bonds is 8. The van der Waals surface area contributed by atoms with Crippen LogP contribution in [0.5, 0.6) is 0 Å². The van der Waals surface area contributed by atoms with Crippen LogP contribution in [0, 0.1) is 12.8 Å². The molecule has 0 aromatic carbocycles. The predicted molar refractivity (Wildman–Crippen MR) is 99.6 cm³/mol. The van der Waals surface area contributed by atoms with Gasteiger partial charge in [-0.1, -0.05) is 17.4 Å². The van der Waals surface area contributed by atoms with Gasteiger partial charge in [-0.3, -0.25) is 9.88 Å². The van der Waals surface area contributed by atoms with Crippen molar-refractivity contribution < 1.29 is 4.74 Å². The number of pyridine rings is 1. The Morgan fingerprint density at radius 3 is 3.00 bits per heavy atom. The van der Waals surface area contributed by atoms with Crippen LogP contribution in [0.25, 0.3) is 0 Å². The Labute approximate surface area is 154 Å². The van der Waals surface area contributed by atoms with E-state index in [1.54, 1.807) is 6.08 Å². The maximum atomic E-state index is 5.82. The van der Waals surface area contributed by atoms with Gasteiger partial charge in [-0.25, -0.2) is 4.68 Å². The first kappa shape index (κ1) is 17.4. The van der Waals surface area contributed by atoms with E-state index in [2.05, 4.69) is 43.6 Å². The topological polar surface area (TPSA) is 56.1 Å². The van der Waals surface area contributed by atoms with Crippen LogP contribution in [0.1, 0.15) is 41.7 Å². The molecule has 0 N–H and O–H groups in total. The first-order valence-corrected chi connectivity index (χ1v) is 9.52. The molecule has 138 valence electrons. The summed E-state index contributed by atoms with van der Waals surface area (Å²) in [5.41, 5.74) is 4.51. The second-order valence-corrected chi connectivity index (χ2v) is 7.38.